The van der Waals surface area contributed by atoms with E-state index in [1.807, 2.05) is 48.5 Å². The van der Waals surface area contributed by atoms with Crippen molar-refractivity contribution in [3.63, 3.8) is 0 Å². The highest BCUT2D eigenvalue weighted by atomic mass is 35.5. The molecule has 1 aliphatic heterocycles. The number of carbonyl (C=O) groups excluding carboxylic acids is 1. The zero-order valence-corrected chi connectivity index (χ0v) is 19.9. The van der Waals surface area contributed by atoms with E-state index in [0.717, 1.165) is 49.2 Å². The Bertz CT molecular complexity index is 893. The van der Waals surface area contributed by atoms with Crippen molar-refractivity contribution in [2.24, 2.45) is 0 Å². The van der Waals surface area contributed by atoms with Crippen molar-refractivity contribution >= 4 is 23.2 Å². The first-order valence-electron chi connectivity index (χ1n) is 12.1. The van der Waals surface area contributed by atoms with Crippen molar-refractivity contribution in [2.75, 3.05) is 25.0 Å². The number of anilines is 1. The van der Waals surface area contributed by atoms with E-state index >= 15 is 0 Å². The highest BCUT2D eigenvalue weighted by Crippen LogP contribution is 2.43. The first kappa shape index (κ1) is 23.1. The molecule has 0 aromatic heterocycles. The van der Waals surface area contributed by atoms with Crippen LogP contribution in [0, 0.1) is 0 Å². The Hall–Kier alpha value is -2.04. The van der Waals surface area contributed by atoms with Crippen LogP contribution in [-0.4, -0.2) is 36.5 Å². The van der Waals surface area contributed by atoms with Crippen LogP contribution in [0.4, 0.5) is 5.69 Å². The van der Waals surface area contributed by atoms with Crippen LogP contribution < -0.4 is 10.1 Å². The average molecular weight is 455 g/mol. The number of likely N-dealkylation sites (tertiary alicyclic amines) is 1. The molecule has 172 valence electrons. The summed E-state index contributed by atoms with van der Waals surface area (Å²) < 4.78 is 5.97. The first-order chi connectivity index (χ1) is 15.6. The number of piperidine rings is 1. The van der Waals surface area contributed by atoms with E-state index in [-0.39, 0.29) is 5.91 Å². The smallest absolute Gasteiger partial charge is 0.235 e. The standard InChI is InChI=1S/C27H35ClN2O2/c1-21-9-5-8-18-30(21)19-20-32-23-14-12-22(13-15-23)29-26(31)27(16-6-2-7-17-27)24-10-3-4-11-25(24)28/h3-4,10-15,21H,2,5-9,16-20H2,1H3,(H,29,31). The molecule has 0 bridgehead atoms. The highest BCUT2D eigenvalue weighted by Gasteiger charge is 2.42. The third-order valence-electron chi connectivity index (χ3n) is 7.23. The van der Waals surface area contributed by atoms with Crippen LogP contribution in [-0.2, 0) is 10.2 Å². The van der Waals surface area contributed by atoms with Crippen LogP contribution in [0.5, 0.6) is 5.75 Å². The lowest BCUT2D eigenvalue weighted by molar-refractivity contribution is -0.122. The number of nitrogens with one attached hydrogen (secondary N) is 1. The Balaban J connectivity index is 1.37. The van der Waals surface area contributed by atoms with Crippen molar-refractivity contribution in [1.29, 1.82) is 0 Å². The molecular weight excluding hydrogens is 420 g/mol. The molecule has 1 heterocycles. The molecule has 5 heteroatoms. The summed E-state index contributed by atoms with van der Waals surface area (Å²) >= 11 is 6.53. The monoisotopic (exact) mass is 454 g/mol. The molecule has 2 aromatic rings. The third-order valence-corrected chi connectivity index (χ3v) is 7.56. The molecule has 1 saturated heterocycles. The van der Waals surface area contributed by atoms with Crippen molar-refractivity contribution in [3.8, 4) is 5.75 Å². The molecular formula is C27H35ClN2O2. The number of nitrogens with zero attached hydrogens (tertiary/aromatic N) is 1. The molecule has 4 rings (SSSR count). The summed E-state index contributed by atoms with van der Waals surface area (Å²) in [5.41, 5.74) is 1.19. The van der Waals surface area contributed by atoms with Crippen molar-refractivity contribution in [1.82, 2.24) is 4.90 Å². The van der Waals surface area contributed by atoms with E-state index in [2.05, 4.69) is 17.1 Å². The van der Waals surface area contributed by atoms with Gasteiger partial charge < -0.3 is 10.1 Å². The minimum absolute atomic E-state index is 0.0399. The molecule has 2 aromatic carbocycles. The van der Waals surface area contributed by atoms with Gasteiger partial charge in [0.15, 0.2) is 0 Å². The summed E-state index contributed by atoms with van der Waals surface area (Å²) in [6.45, 7) is 5.12. The number of hydrogen-bond donors (Lipinski definition) is 1. The topological polar surface area (TPSA) is 41.6 Å². The van der Waals surface area contributed by atoms with Gasteiger partial charge in [0.1, 0.15) is 12.4 Å². The van der Waals surface area contributed by atoms with Gasteiger partial charge in [0.05, 0.1) is 5.41 Å². The number of ether oxygens (including phenoxy) is 1. The molecule has 1 unspecified atom stereocenters. The number of carbonyl (C=O) groups is 1. The normalized spacial score (nSPS) is 21.1. The Kier molecular flexibility index (Phi) is 7.75. The summed E-state index contributed by atoms with van der Waals surface area (Å²) in [6, 6.07) is 16.2. The minimum atomic E-state index is -0.559. The zero-order valence-electron chi connectivity index (χ0n) is 19.1. The summed E-state index contributed by atoms with van der Waals surface area (Å²) in [6.07, 6.45) is 8.82. The largest absolute Gasteiger partial charge is 0.492 e. The molecule has 0 radical (unpaired) electrons. The van der Waals surface area contributed by atoms with Gasteiger partial charge in [0.25, 0.3) is 0 Å². The molecule has 2 fully saturated rings. The Labute approximate surface area is 197 Å². The lowest BCUT2D eigenvalue weighted by Gasteiger charge is -2.37. The summed E-state index contributed by atoms with van der Waals surface area (Å²) in [5, 5.41) is 3.83. The predicted octanol–water partition coefficient (Wildman–Crippen LogP) is 6.43. The van der Waals surface area contributed by atoms with Crippen LogP contribution in [0.1, 0.15) is 63.9 Å². The van der Waals surface area contributed by atoms with Crippen LogP contribution in [0.3, 0.4) is 0 Å². The highest BCUT2D eigenvalue weighted by molar-refractivity contribution is 6.31. The van der Waals surface area contributed by atoms with Crippen molar-refractivity contribution < 1.29 is 9.53 Å². The van der Waals surface area contributed by atoms with E-state index < -0.39 is 5.41 Å². The van der Waals surface area contributed by atoms with Crippen LogP contribution in [0.15, 0.2) is 48.5 Å². The maximum Gasteiger partial charge on any atom is 0.235 e. The second kappa shape index (κ2) is 10.7. The molecule has 2 aliphatic rings. The van der Waals surface area contributed by atoms with E-state index in [1.165, 1.54) is 32.2 Å². The summed E-state index contributed by atoms with van der Waals surface area (Å²) in [4.78, 5) is 16.0. The predicted molar refractivity (Wildman–Crippen MR) is 132 cm³/mol. The van der Waals surface area contributed by atoms with E-state index in [4.69, 9.17) is 16.3 Å². The molecule has 1 N–H and O–H groups in total. The van der Waals surface area contributed by atoms with Crippen LogP contribution in [0.2, 0.25) is 5.02 Å². The van der Waals surface area contributed by atoms with Crippen molar-refractivity contribution in [3.05, 3.63) is 59.1 Å². The van der Waals surface area contributed by atoms with Gasteiger partial charge in [0, 0.05) is 23.3 Å². The number of amides is 1. The molecule has 1 saturated carbocycles. The molecule has 0 spiro atoms. The fourth-order valence-corrected chi connectivity index (χ4v) is 5.60. The second-order valence-corrected chi connectivity index (χ2v) is 9.74. The average Bonchev–Trinajstić information content (AvgIpc) is 2.82. The molecule has 32 heavy (non-hydrogen) atoms. The Morgan fingerprint density at radius 1 is 1.06 bits per heavy atom. The number of halogens is 1. The Morgan fingerprint density at radius 3 is 2.53 bits per heavy atom. The molecule has 1 amide bonds. The second-order valence-electron chi connectivity index (χ2n) is 9.33. The third kappa shape index (κ3) is 5.29. The Morgan fingerprint density at radius 2 is 1.81 bits per heavy atom. The van der Waals surface area contributed by atoms with Crippen LogP contribution in [0.25, 0.3) is 0 Å². The number of rotatable bonds is 7. The maximum absolute atomic E-state index is 13.5. The SMILES string of the molecule is CC1CCCCN1CCOc1ccc(NC(=O)C2(c3ccccc3Cl)CCCCC2)cc1. The summed E-state index contributed by atoms with van der Waals surface area (Å²) in [7, 11) is 0. The number of benzene rings is 2. The molecule has 1 aliphatic carbocycles. The van der Waals surface area contributed by atoms with Gasteiger partial charge in [-0.25, -0.2) is 0 Å². The van der Waals surface area contributed by atoms with Gasteiger partial charge in [-0.15, -0.1) is 0 Å². The maximum atomic E-state index is 13.5. The van der Waals surface area contributed by atoms with Crippen molar-refractivity contribution in [2.45, 2.75) is 69.7 Å². The zero-order chi connectivity index (χ0) is 22.4. The van der Waals surface area contributed by atoms with Gasteiger partial charge in [-0.2, -0.15) is 0 Å². The lowest BCUT2D eigenvalue weighted by atomic mass is 9.68. The quantitative estimate of drug-likeness (QED) is 0.523. The van der Waals surface area contributed by atoms with E-state index in [1.54, 1.807) is 0 Å². The van der Waals surface area contributed by atoms with Crippen LogP contribution >= 0.6 is 11.6 Å². The fourth-order valence-electron chi connectivity index (χ4n) is 5.28. The first-order valence-corrected chi connectivity index (χ1v) is 12.5. The van der Waals surface area contributed by atoms with Gasteiger partial charge in [0.2, 0.25) is 5.91 Å². The van der Waals surface area contributed by atoms with E-state index in [0.29, 0.717) is 17.7 Å². The van der Waals surface area contributed by atoms with E-state index in [9.17, 15) is 4.79 Å². The van der Waals surface area contributed by atoms with Gasteiger partial charge >= 0.3 is 0 Å². The fraction of sp³-hybridized carbons (Fsp3) is 0.519. The molecule has 1 atom stereocenters. The minimum Gasteiger partial charge on any atom is -0.492 e. The lowest BCUT2D eigenvalue weighted by Crippen LogP contribution is -2.42. The van der Waals surface area contributed by atoms with Gasteiger partial charge in [-0.1, -0.05) is 55.5 Å². The molecule has 4 nitrogen and oxygen atoms in total. The van der Waals surface area contributed by atoms with Gasteiger partial charge in [-0.05, 0) is 75.0 Å². The number of hydrogen-bond acceptors (Lipinski definition) is 3. The van der Waals surface area contributed by atoms with Gasteiger partial charge in [-0.3, -0.25) is 9.69 Å². The summed E-state index contributed by atoms with van der Waals surface area (Å²) in [5.74, 6) is 0.879.